The number of aromatic nitrogens is 2. The SMILES string of the molecule is O=C(CN1CCCc2nc(C3CC3)ncc2C1=O)N1CCc2ccccc2C1. The van der Waals surface area contributed by atoms with E-state index >= 15 is 0 Å². The largest absolute Gasteiger partial charge is 0.336 e. The van der Waals surface area contributed by atoms with E-state index in [2.05, 4.69) is 22.1 Å². The molecule has 5 rings (SSSR count). The molecule has 0 spiro atoms. The molecular formula is C22H24N4O2. The molecule has 2 aromatic rings. The monoisotopic (exact) mass is 376 g/mol. The molecule has 2 amide bonds. The van der Waals surface area contributed by atoms with Crippen LogP contribution in [0, 0.1) is 0 Å². The Kier molecular flexibility index (Phi) is 4.34. The van der Waals surface area contributed by atoms with Gasteiger partial charge in [0.05, 0.1) is 11.3 Å². The number of fused-ring (bicyclic) bond motifs is 2. The van der Waals surface area contributed by atoms with Gasteiger partial charge in [-0.15, -0.1) is 0 Å². The van der Waals surface area contributed by atoms with Crippen molar-refractivity contribution in [3.8, 4) is 0 Å². The number of hydrogen-bond acceptors (Lipinski definition) is 4. The lowest BCUT2D eigenvalue weighted by Crippen LogP contribution is -2.44. The summed E-state index contributed by atoms with van der Waals surface area (Å²) >= 11 is 0. The number of carbonyl (C=O) groups excluding carboxylic acids is 2. The molecule has 6 nitrogen and oxygen atoms in total. The van der Waals surface area contributed by atoms with Crippen molar-refractivity contribution >= 4 is 11.8 Å². The molecule has 1 aromatic carbocycles. The summed E-state index contributed by atoms with van der Waals surface area (Å²) < 4.78 is 0. The number of benzene rings is 1. The second-order valence-corrected chi connectivity index (χ2v) is 8.03. The van der Waals surface area contributed by atoms with Gasteiger partial charge in [-0.25, -0.2) is 9.97 Å². The van der Waals surface area contributed by atoms with Crippen LogP contribution in [-0.4, -0.2) is 51.2 Å². The smallest absolute Gasteiger partial charge is 0.257 e. The average Bonchev–Trinajstić information content (AvgIpc) is 3.57. The van der Waals surface area contributed by atoms with Crippen LogP contribution in [0.4, 0.5) is 0 Å². The van der Waals surface area contributed by atoms with Gasteiger partial charge in [0.25, 0.3) is 5.91 Å². The minimum Gasteiger partial charge on any atom is -0.336 e. The maximum atomic E-state index is 13.0. The van der Waals surface area contributed by atoms with E-state index in [1.54, 1.807) is 11.1 Å². The Hall–Kier alpha value is -2.76. The highest BCUT2D eigenvalue weighted by atomic mass is 16.2. The highest BCUT2D eigenvalue weighted by molar-refractivity contribution is 5.97. The van der Waals surface area contributed by atoms with E-state index < -0.39 is 0 Å². The van der Waals surface area contributed by atoms with Gasteiger partial charge in [0, 0.05) is 31.7 Å². The van der Waals surface area contributed by atoms with Crippen LogP contribution in [0.25, 0.3) is 0 Å². The van der Waals surface area contributed by atoms with Gasteiger partial charge in [-0.3, -0.25) is 9.59 Å². The maximum absolute atomic E-state index is 13.0. The summed E-state index contributed by atoms with van der Waals surface area (Å²) in [5, 5.41) is 0. The molecule has 0 radical (unpaired) electrons. The highest BCUT2D eigenvalue weighted by Gasteiger charge is 2.31. The minimum absolute atomic E-state index is 0.0156. The first-order valence-electron chi connectivity index (χ1n) is 10.2. The van der Waals surface area contributed by atoms with Crippen LogP contribution in [-0.2, 0) is 24.2 Å². The zero-order valence-corrected chi connectivity index (χ0v) is 15.9. The standard InChI is InChI=1S/C22H24N4O2/c27-20(25-11-9-15-4-1-2-5-17(15)13-25)14-26-10-3-6-19-18(22(26)28)12-23-21(24-19)16-7-8-16/h1-2,4-5,12,16H,3,6-11,13-14H2. The Bertz CT molecular complexity index is 938. The summed E-state index contributed by atoms with van der Waals surface area (Å²) in [6.07, 6.45) is 6.44. The molecule has 1 fully saturated rings. The molecule has 0 N–H and O–H groups in total. The lowest BCUT2D eigenvalue weighted by molar-refractivity contribution is -0.132. The molecule has 3 heterocycles. The molecule has 28 heavy (non-hydrogen) atoms. The zero-order chi connectivity index (χ0) is 19.1. The number of rotatable bonds is 3. The van der Waals surface area contributed by atoms with Crippen LogP contribution >= 0.6 is 0 Å². The molecule has 0 atom stereocenters. The van der Waals surface area contributed by atoms with Gasteiger partial charge in [-0.2, -0.15) is 0 Å². The molecule has 144 valence electrons. The quantitative estimate of drug-likeness (QED) is 0.825. The van der Waals surface area contributed by atoms with Gasteiger partial charge >= 0.3 is 0 Å². The lowest BCUT2D eigenvalue weighted by atomic mass is 10.00. The van der Waals surface area contributed by atoms with Gasteiger partial charge < -0.3 is 9.80 Å². The van der Waals surface area contributed by atoms with Crippen molar-refractivity contribution in [1.82, 2.24) is 19.8 Å². The fourth-order valence-electron chi connectivity index (χ4n) is 4.17. The predicted octanol–water partition coefficient (Wildman–Crippen LogP) is 2.33. The van der Waals surface area contributed by atoms with E-state index in [4.69, 9.17) is 0 Å². The molecule has 3 aliphatic rings. The van der Waals surface area contributed by atoms with Crippen molar-refractivity contribution in [2.45, 2.75) is 44.6 Å². The van der Waals surface area contributed by atoms with Crippen LogP contribution in [0.2, 0.25) is 0 Å². The number of nitrogens with zero attached hydrogens (tertiary/aromatic N) is 4. The molecule has 2 aliphatic heterocycles. The Morgan fingerprint density at radius 1 is 1.11 bits per heavy atom. The third-order valence-electron chi connectivity index (χ3n) is 6.00. The van der Waals surface area contributed by atoms with Crippen molar-refractivity contribution in [3.05, 3.63) is 58.7 Å². The molecular weight excluding hydrogens is 352 g/mol. The van der Waals surface area contributed by atoms with E-state index in [1.807, 2.05) is 17.0 Å². The fourth-order valence-corrected chi connectivity index (χ4v) is 4.17. The third kappa shape index (κ3) is 3.28. The third-order valence-corrected chi connectivity index (χ3v) is 6.00. The molecule has 6 heteroatoms. The van der Waals surface area contributed by atoms with E-state index in [1.165, 1.54) is 11.1 Å². The number of hydrogen-bond donors (Lipinski definition) is 0. The lowest BCUT2D eigenvalue weighted by Gasteiger charge is -2.31. The van der Waals surface area contributed by atoms with E-state index in [-0.39, 0.29) is 18.4 Å². The maximum Gasteiger partial charge on any atom is 0.257 e. The average molecular weight is 376 g/mol. The van der Waals surface area contributed by atoms with Gasteiger partial charge in [-0.05, 0) is 43.2 Å². The molecule has 1 aromatic heterocycles. The molecule has 0 unspecified atom stereocenters. The first-order valence-corrected chi connectivity index (χ1v) is 10.2. The topological polar surface area (TPSA) is 66.4 Å². The van der Waals surface area contributed by atoms with Crippen LogP contribution in [0.15, 0.2) is 30.5 Å². The van der Waals surface area contributed by atoms with E-state index in [9.17, 15) is 9.59 Å². The summed E-state index contributed by atoms with van der Waals surface area (Å²) in [7, 11) is 0. The molecule has 0 bridgehead atoms. The second-order valence-electron chi connectivity index (χ2n) is 8.03. The Morgan fingerprint density at radius 2 is 1.93 bits per heavy atom. The van der Waals surface area contributed by atoms with Crippen molar-refractivity contribution < 1.29 is 9.59 Å². The first kappa shape index (κ1) is 17.3. The normalized spacial score (nSPS) is 19.1. The van der Waals surface area contributed by atoms with Crippen molar-refractivity contribution in [3.63, 3.8) is 0 Å². The van der Waals surface area contributed by atoms with E-state index in [0.29, 0.717) is 31.1 Å². The minimum atomic E-state index is -0.111. The summed E-state index contributed by atoms with van der Waals surface area (Å²) in [4.78, 5) is 38.5. The molecule has 1 aliphatic carbocycles. The van der Waals surface area contributed by atoms with Crippen LogP contribution in [0.5, 0.6) is 0 Å². The summed E-state index contributed by atoms with van der Waals surface area (Å²) in [6.45, 7) is 2.05. The summed E-state index contributed by atoms with van der Waals surface area (Å²) in [5.74, 6) is 1.26. The van der Waals surface area contributed by atoms with Gasteiger partial charge in [0.2, 0.25) is 5.91 Å². The summed E-state index contributed by atoms with van der Waals surface area (Å²) in [6, 6.07) is 8.26. The zero-order valence-electron chi connectivity index (χ0n) is 15.9. The molecule has 0 saturated heterocycles. The van der Waals surface area contributed by atoms with Crippen LogP contribution in [0.1, 0.15) is 58.2 Å². The Morgan fingerprint density at radius 3 is 2.75 bits per heavy atom. The van der Waals surface area contributed by atoms with Gasteiger partial charge in [-0.1, -0.05) is 24.3 Å². The summed E-state index contributed by atoms with van der Waals surface area (Å²) in [5.41, 5.74) is 3.94. The van der Waals surface area contributed by atoms with Crippen molar-refractivity contribution in [2.24, 2.45) is 0 Å². The van der Waals surface area contributed by atoms with Crippen molar-refractivity contribution in [1.29, 1.82) is 0 Å². The fraction of sp³-hybridized carbons (Fsp3) is 0.455. The Balaban J connectivity index is 1.30. The van der Waals surface area contributed by atoms with Gasteiger partial charge in [0.15, 0.2) is 0 Å². The van der Waals surface area contributed by atoms with Crippen LogP contribution < -0.4 is 0 Å². The second kappa shape index (κ2) is 7.00. The number of aryl methyl sites for hydroxylation is 1. The van der Waals surface area contributed by atoms with Crippen molar-refractivity contribution in [2.75, 3.05) is 19.6 Å². The highest BCUT2D eigenvalue weighted by Crippen LogP contribution is 2.38. The number of amides is 2. The van der Waals surface area contributed by atoms with E-state index in [0.717, 1.165) is 43.6 Å². The van der Waals surface area contributed by atoms with Gasteiger partial charge in [0.1, 0.15) is 12.4 Å². The van der Waals surface area contributed by atoms with Crippen LogP contribution in [0.3, 0.4) is 0 Å². The Labute approximate surface area is 164 Å². The predicted molar refractivity (Wildman–Crippen MR) is 104 cm³/mol. The molecule has 1 saturated carbocycles. The first-order chi connectivity index (χ1) is 13.7. The number of carbonyl (C=O) groups is 2.